The largest absolute Gasteiger partial charge is 0.497 e. The summed E-state index contributed by atoms with van der Waals surface area (Å²) in [6.45, 7) is 0.747. The highest BCUT2D eigenvalue weighted by atomic mass is 32.2. The van der Waals surface area contributed by atoms with Crippen LogP contribution in [0.2, 0.25) is 0 Å². The van der Waals surface area contributed by atoms with Gasteiger partial charge in [0.1, 0.15) is 11.6 Å². The number of benzene rings is 2. The van der Waals surface area contributed by atoms with E-state index in [4.69, 9.17) is 4.74 Å². The van der Waals surface area contributed by atoms with Crippen LogP contribution >= 0.6 is 11.8 Å². The number of aromatic nitrogens is 4. The van der Waals surface area contributed by atoms with E-state index in [0.29, 0.717) is 17.9 Å². The Kier molecular flexibility index (Phi) is 7.47. The summed E-state index contributed by atoms with van der Waals surface area (Å²) in [5.41, 5.74) is 3.12. The van der Waals surface area contributed by atoms with Gasteiger partial charge in [0.25, 0.3) is 0 Å². The normalized spacial score (nSPS) is 10.8. The zero-order valence-corrected chi connectivity index (χ0v) is 19.6. The van der Waals surface area contributed by atoms with E-state index in [0.717, 1.165) is 29.6 Å². The van der Waals surface area contributed by atoms with Crippen molar-refractivity contribution in [2.24, 2.45) is 7.05 Å². The van der Waals surface area contributed by atoms with Gasteiger partial charge in [0.2, 0.25) is 5.91 Å². The van der Waals surface area contributed by atoms with E-state index in [1.54, 1.807) is 13.2 Å². The SMILES string of the molecule is COc1cccc(NC(=O)CSc2nnc(Cc3cccn3C)n2CCc2ccccc2)c1. The third-order valence-electron chi connectivity index (χ3n) is 5.34. The molecule has 1 N–H and O–H groups in total. The van der Waals surface area contributed by atoms with Crippen molar-refractivity contribution < 1.29 is 9.53 Å². The van der Waals surface area contributed by atoms with Crippen LogP contribution in [0.3, 0.4) is 0 Å². The van der Waals surface area contributed by atoms with Gasteiger partial charge >= 0.3 is 0 Å². The second-order valence-electron chi connectivity index (χ2n) is 7.64. The molecule has 0 atom stereocenters. The Balaban J connectivity index is 1.46. The van der Waals surface area contributed by atoms with Gasteiger partial charge in [-0.15, -0.1) is 10.2 Å². The minimum absolute atomic E-state index is 0.102. The number of rotatable bonds is 10. The number of hydrogen-bond donors (Lipinski definition) is 1. The number of thioether (sulfide) groups is 1. The lowest BCUT2D eigenvalue weighted by Crippen LogP contribution is -2.15. The molecule has 2 heterocycles. The van der Waals surface area contributed by atoms with E-state index in [-0.39, 0.29) is 11.7 Å². The lowest BCUT2D eigenvalue weighted by Gasteiger charge is -2.11. The zero-order chi connectivity index (χ0) is 23.0. The van der Waals surface area contributed by atoms with Crippen molar-refractivity contribution in [1.29, 1.82) is 0 Å². The Morgan fingerprint density at radius 1 is 1.06 bits per heavy atom. The van der Waals surface area contributed by atoms with Crippen LogP contribution in [0.25, 0.3) is 0 Å². The monoisotopic (exact) mass is 461 g/mol. The standard InChI is InChI=1S/C25H27N5O2S/c1-29-14-7-11-21(29)17-23-27-28-25(30(23)15-13-19-8-4-3-5-9-19)33-18-24(31)26-20-10-6-12-22(16-20)32-2/h3-12,14,16H,13,15,17-18H2,1-2H3,(H,26,31). The highest BCUT2D eigenvalue weighted by Crippen LogP contribution is 2.21. The Bertz CT molecular complexity index is 1200. The molecular formula is C25H27N5O2S. The minimum Gasteiger partial charge on any atom is -0.497 e. The molecule has 7 nitrogen and oxygen atoms in total. The second-order valence-corrected chi connectivity index (χ2v) is 8.58. The summed E-state index contributed by atoms with van der Waals surface area (Å²) in [5.74, 6) is 1.73. The number of nitrogens with zero attached hydrogens (tertiary/aromatic N) is 4. The first-order valence-corrected chi connectivity index (χ1v) is 11.7. The van der Waals surface area contributed by atoms with Crippen LogP contribution in [0.5, 0.6) is 5.75 Å². The maximum absolute atomic E-state index is 12.6. The van der Waals surface area contributed by atoms with Crippen LogP contribution in [0, 0.1) is 0 Å². The predicted molar refractivity (Wildman–Crippen MR) is 131 cm³/mol. The Labute approximate surface area is 197 Å². The molecule has 2 aromatic carbocycles. The lowest BCUT2D eigenvalue weighted by molar-refractivity contribution is -0.113. The molecule has 2 aromatic heterocycles. The summed E-state index contributed by atoms with van der Waals surface area (Å²) in [4.78, 5) is 12.6. The Hall–Kier alpha value is -3.52. The van der Waals surface area contributed by atoms with Crippen LogP contribution in [0.15, 0.2) is 78.1 Å². The van der Waals surface area contributed by atoms with Gasteiger partial charge in [-0.1, -0.05) is 48.2 Å². The number of carbonyl (C=O) groups is 1. The van der Waals surface area contributed by atoms with Crippen molar-refractivity contribution in [2.45, 2.75) is 24.5 Å². The molecule has 0 aliphatic heterocycles. The molecular weight excluding hydrogens is 434 g/mol. The Morgan fingerprint density at radius 3 is 2.67 bits per heavy atom. The predicted octanol–water partition coefficient (Wildman–Crippen LogP) is 4.19. The van der Waals surface area contributed by atoms with Crippen LogP contribution in [-0.2, 0) is 31.2 Å². The summed E-state index contributed by atoms with van der Waals surface area (Å²) in [7, 11) is 3.63. The molecule has 4 rings (SSSR count). The average Bonchev–Trinajstić information content (AvgIpc) is 3.42. The first-order chi connectivity index (χ1) is 16.1. The van der Waals surface area contributed by atoms with Crippen molar-refractivity contribution in [1.82, 2.24) is 19.3 Å². The molecule has 1 amide bonds. The molecule has 170 valence electrons. The second kappa shape index (κ2) is 10.9. The third-order valence-corrected chi connectivity index (χ3v) is 6.30. The van der Waals surface area contributed by atoms with Crippen LogP contribution in [0.1, 0.15) is 17.1 Å². The molecule has 4 aromatic rings. The summed E-state index contributed by atoms with van der Waals surface area (Å²) >= 11 is 1.40. The van der Waals surface area contributed by atoms with Gasteiger partial charge in [-0.05, 0) is 36.2 Å². The van der Waals surface area contributed by atoms with Gasteiger partial charge in [0.15, 0.2) is 5.16 Å². The van der Waals surface area contributed by atoms with Gasteiger partial charge in [-0.25, -0.2) is 0 Å². The van der Waals surface area contributed by atoms with E-state index in [2.05, 4.69) is 42.8 Å². The quantitative estimate of drug-likeness (QED) is 0.359. The number of carbonyl (C=O) groups excluding carboxylic acids is 1. The third kappa shape index (κ3) is 6.04. The number of ether oxygens (including phenoxy) is 1. The highest BCUT2D eigenvalue weighted by molar-refractivity contribution is 7.99. The van der Waals surface area contributed by atoms with Gasteiger partial charge in [0, 0.05) is 43.7 Å². The van der Waals surface area contributed by atoms with Crippen LogP contribution < -0.4 is 10.1 Å². The van der Waals surface area contributed by atoms with Crippen LogP contribution in [0.4, 0.5) is 5.69 Å². The molecule has 33 heavy (non-hydrogen) atoms. The highest BCUT2D eigenvalue weighted by Gasteiger charge is 2.16. The van der Waals surface area contributed by atoms with E-state index in [1.807, 2.05) is 55.7 Å². The zero-order valence-electron chi connectivity index (χ0n) is 18.8. The van der Waals surface area contributed by atoms with Crippen molar-refractivity contribution >= 4 is 23.4 Å². The van der Waals surface area contributed by atoms with Gasteiger partial charge in [-0.3, -0.25) is 4.79 Å². The summed E-state index contributed by atoms with van der Waals surface area (Å²) in [6, 6.07) is 21.8. The van der Waals surface area contributed by atoms with Crippen molar-refractivity contribution in [3.63, 3.8) is 0 Å². The molecule has 0 saturated carbocycles. The first kappa shape index (κ1) is 22.7. The lowest BCUT2D eigenvalue weighted by atomic mass is 10.1. The maximum Gasteiger partial charge on any atom is 0.234 e. The molecule has 8 heteroatoms. The van der Waals surface area contributed by atoms with E-state index < -0.39 is 0 Å². The van der Waals surface area contributed by atoms with E-state index in [9.17, 15) is 4.79 Å². The topological polar surface area (TPSA) is 74.0 Å². The summed E-state index contributed by atoms with van der Waals surface area (Å²) in [6.07, 6.45) is 3.57. The number of nitrogens with one attached hydrogen (secondary N) is 1. The van der Waals surface area contributed by atoms with E-state index >= 15 is 0 Å². The molecule has 0 bridgehead atoms. The molecule has 0 radical (unpaired) electrons. The number of methoxy groups -OCH3 is 1. The number of hydrogen-bond acceptors (Lipinski definition) is 5. The fourth-order valence-electron chi connectivity index (χ4n) is 3.54. The van der Waals surface area contributed by atoms with Crippen molar-refractivity contribution in [3.8, 4) is 5.75 Å². The van der Waals surface area contributed by atoms with Gasteiger partial charge < -0.3 is 19.2 Å². The number of aryl methyl sites for hydroxylation is 2. The molecule has 0 unspecified atom stereocenters. The van der Waals surface area contributed by atoms with Crippen molar-refractivity contribution in [3.05, 3.63) is 90.0 Å². The fraction of sp³-hybridized carbons (Fsp3) is 0.240. The summed E-state index contributed by atoms with van der Waals surface area (Å²) in [5, 5.41) is 12.5. The molecule has 0 spiro atoms. The van der Waals surface area contributed by atoms with Crippen LogP contribution in [-0.4, -0.2) is 38.1 Å². The molecule has 0 aliphatic carbocycles. The van der Waals surface area contributed by atoms with E-state index in [1.165, 1.54) is 17.3 Å². The number of anilines is 1. The van der Waals surface area contributed by atoms with Gasteiger partial charge in [0.05, 0.1) is 12.9 Å². The molecule has 0 fully saturated rings. The van der Waals surface area contributed by atoms with Crippen molar-refractivity contribution in [2.75, 3.05) is 18.2 Å². The molecule has 0 saturated heterocycles. The average molecular weight is 462 g/mol. The molecule has 0 aliphatic rings. The summed E-state index contributed by atoms with van der Waals surface area (Å²) < 4.78 is 9.44. The minimum atomic E-state index is -0.102. The van der Waals surface area contributed by atoms with Gasteiger partial charge in [-0.2, -0.15) is 0 Å². The first-order valence-electron chi connectivity index (χ1n) is 10.8. The maximum atomic E-state index is 12.6. The smallest absolute Gasteiger partial charge is 0.234 e. The Morgan fingerprint density at radius 2 is 1.91 bits per heavy atom. The fourth-order valence-corrected chi connectivity index (χ4v) is 4.32. The number of amides is 1.